The summed E-state index contributed by atoms with van der Waals surface area (Å²) < 4.78 is 10.7. The van der Waals surface area contributed by atoms with Crippen LogP contribution in [0.15, 0.2) is 51.6 Å². The minimum Gasteiger partial charge on any atom is -0.497 e. The van der Waals surface area contributed by atoms with Crippen LogP contribution in [0.3, 0.4) is 0 Å². The number of thioether (sulfide) groups is 1. The van der Waals surface area contributed by atoms with E-state index in [0.717, 1.165) is 28.7 Å². The summed E-state index contributed by atoms with van der Waals surface area (Å²) in [5, 5.41) is 5.74. The van der Waals surface area contributed by atoms with E-state index in [4.69, 9.17) is 9.47 Å². The van der Waals surface area contributed by atoms with Crippen LogP contribution in [0.25, 0.3) is 0 Å². The third-order valence-electron chi connectivity index (χ3n) is 5.55. The van der Waals surface area contributed by atoms with Gasteiger partial charge in [-0.1, -0.05) is 23.9 Å². The van der Waals surface area contributed by atoms with E-state index in [9.17, 15) is 9.59 Å². The molecular formula is C23H27N3O4S. The fourth-order valence-electron chi connectivity index (χ4n) is 3.75. The van der Waals surface area contributed by atoms with Crippen LogP contribution < -0.4 is 10.1 Å². The first kappa shape index (κ1) is 21.5. The van der Waals surface area contributed by atoms with Crippen molar-refractivity contribution in [2.45, 2.75) is 39.2 Å². The van der Waals surface area contributed by atoms with E-state index < -0.39 is 12.0 Å². The molecule has 0 saturated heterocycles. The molecule has 3 aliphatic rings. The number of hydrogen-bond donors (Lipinski definition) is 1. The molecule has 1 aromatic carbocycles. The van der Waals surface area contributed by atoms with Gasteiger partial charge >= 0.3 is 5.97 Å². The average molecular weight is 442 g/mol. The van der Waals surface area contributed by atoms with Gasteiger partial charge in [-0.2, -0.15) is 0 Å². The number of methoxy groups -OCH3 is 1. The van der Waals surface area contributed by atoms with Crippen LogP contribution in [0.2, 0.25) is 0 Å². The predicted octanol–water partition coefficient (Wildman–Crippen LogP) is 3.75. The van der Waals surface area contributed by atoms with E-state index in [-0.39, 0.29) is 18.9 Å². The second-order valence-electron chi connectivity index (χ2n) is 7.81. The van der Waals surface area contributed by atoms with Crippen molar-refractivity contribution < 1.29 is 19.1 Å². The fourth-order valence-corrected chi connectivity index (χ4v) is 4.71. The highest BCUT2D eigenvalue weighted by molar-refractivity contribution is 8.16. The molecule has 1 amide bonds. The second-order valence-corrected chi connectivity index (χ2v) is 8.65. The molecule has 1 atom stereocenters. The lowest BCUT2D eigenvalue weighted by atomic mass is 9.93. The van der Waals surface area contributed by atoms with E-state index in [1.165, 1.54) is 24.6 Å². The molecule has 1 N–H and O–H groups in total. The summed E-state index contributed by atoms with van der Waals surface area (Å²) in [7, 11) is 1.62. The fraction of sp³-hybridized carbons (Fsp3) is 0.435. The van der Waals surface area contributed by atoms with E-state index in [1.54, 1.807) is 14.0 Å². The Kier molecular flexibility index (Phi) is 6.36. The van der Waals surface area contributed by atoms with Gasteiger partial charge in [0.1, 0.15) is 5.75 Å². The Bertz CT molecular complexity index is 964. The van der Waals surface area contributed by atoms with Crippen molar-refractivity contribution in [3.63, 3.8) is 0 Å². The minimum atomic E-state index is -0.421. The van der Waals surface area contributed by atoms with Crippen molar-refractivity contribution >= 4 is 28.8 Å². The smallest absolute Gasteiger partial charge is 0.338 e. The number of rotatable bonds is 8. The van der Waals surface area contributed by atoms with Crippen molar-refractivity contribution in [1.82, 2.24) is 10.2 Å². The Morgan fingerprint density at radius 3 is 2.65 bits per heavy atom. The van der Waals surface area contributed by atoms with Crippen molar-refractivity contribution in [3.05, 3.63) is 52.2 Å². The monoisotopic (exact) mass is 441 g/mol. The van der Waals surface area contributed by atoms with Crippen LogP contribution in [0, 0.1) is 5.92 Å². The number of ether oxygens (including phenoxy) is 2. The van der Waals surface area contributed by atoms with Crippen molar-refractivity contribution in [2.24, 2.45) is 10.9 Å². The van der Waals surface area contributed by atoms with Gasteiger partial charge in [0, 0.05) is 12.2 Å². The van der Waals surface area contributed by atoms with Crippen LogP contribution >= 0.6 is 11.8 Å². The lowest BCUT2D eigenvalue weighted by Gasteiger charge is -2.36. The highest BCUT2D eigenvalue weighted by atomic mass is 32.2. The zero-order valence-corrected chi connectivity index (χ0v) is 18.8. The summed E-state index contributed by atoms with van der Waals surface area (Å²) in [6.07, 6.45) is 2.61. The molecule has 0 bridgehead atoms. The van der Waals surface area contributed by atoms with Crippen molar-refractivity contribution in [1.29, 1.82) is 0 Å². The number of benzene rings is 1. The highest BCUT2D eigenvalue weighted by Crippen LogP contribution is 2.45. The molecule has 1 aliphatic carbocycles. The summed E-state index contributed by atoms with van der Waals surface area (Å²) in [6, 6.07) is 7.19. The first-order chi connectivity index (χ1) is 15.0. The number of nitrogens with zero attached hydrogens (tertiary/aromatic N) is 2. The molecule has 1 saturated carbocycles. The number of amidine groups is 1. The van der Waals surface area contributed by atoms with Gasteiger partial charge in [-0.15, -0.1) is 0 Å². The van der Waals surface area contributed by atoms with Gasteiger partial charge in [-0.3, -0.25) is 4.79 Å². The standard InChI is InChI=1S/C23H27N3O4S/c1-4-30-22(28)20-14(2)25-23-26(21(20)16-7-9-18(29-3)10-8-16)17(13-31-23)11-19(27)24-12-15-5-6-15/h7-10,13,15,21H,4-6,11-12H2,1-3H3,(H,24,27). The van der Waals surface area contributed by atoms with E-state index in [0.29, 0.717) is 17.2 Å². The summed E-state index contributed by atoms with van der Waals surface area (Å²) in [5.41, 5.74) is 2.85. The van der Waals surface area contributed by atoms with Gasteiger partial charge in [-0.25, -0.2) is 9.79 Å². The maximum atomic E-state index is 12.9. The summed E-state index contributed by atoms with van der Waals surface area (Å²) in [6.45, 7) is 4.63. The number of carbonyl (C=O) groups is 2. The molecule has 7 nitrogen and oxygen atoms in total. The molecule has 0 aromatic heterocycles. The van der Waals surface area contributed by atoms with Gasteiger partial charge < -0.3 is 19.7 Å². The summed E-state index contributed by atoms with van der Waals surface area (Å²) >= 11 is 1.47. The maximum absolute atomic E-state index is 12.9. The SMILES string of the molecule is CCOC(=O)C1=C(C)N=C2SC=C(CC(=O)NCC3CC3)N2C1c1ccc(OC)cc1. The predicted molar refractivity (Wildman–Crippen MR) is 120 cm³/mol. The summed E-state index contributed by atoms with van der Waals surface area (Å²) in [5.74, 6) is 0.949. The largest absolute Gasteiger partial charge is 0.497 e. The normalized spacial score (nSPS) is 20.1. The Morgan fingerprint density at radius 2 is 2.00 bits per heavy atom. The molecule has 1 unspecified atom stereocenters. The molecule has 1 fully saturated rings. The average Bonchev–Trinajstić information content (AvgIpc) is 3.52. The second kappa shape index (κ2) is 9.18. The van der Waals surface area contributed by atoms with Gasteiger partial charge in [0.15, 0.2) is 5.17 Å². The van der Waals surface area contributed by atoms with Crippen molar-refractivity contribution in [3.8, 4) is 5.75 Å². The highest BCUT2D eigenvalue weighted by Gasteiger charge is 2.41. The van der Waals surface area contributed by atoms with E-state index in [2.05, 4.69) is 10.3 Å². The molecule has 2 heterocycles. The number of nitrogens with one attached hydrogen (secondary N) is 1. The third kappa shape index (κ3) is 4.63. The third-order valence-corrected chi connectivity index (χ3v) is 6.44. The van der Waals surface area contributed by atoms with Crippen LogP contribution in [0.4, 0.5) is 0 Å². The number of fused-ring (bicyclic) bond motifs is 1. The van der Waals surface area contributed by atoms with Gasteiger partial charge in [0.2, 0.25) is 5.91 Å². The quantitative estimate of drug-likeness (QED) is 0.619. The topological polar surface area (TPSA) is 80.2 Å². The van der Waals surface area contributed by atoms with Crippen LogP contribution in [-0.4, -0.2) is 42.2 Å². The van der Waals surface area contributed by atoms with Crippen LogP contribution in [0.1, 0.15) is 44.7 Å². The summed E-state index contributed by atoms with van der Waals surface area (Å²) in [4.78, 5) is 32.1. The number of carbonyl (C=O) groups excluding carboxylic acids is 2. The number of allylic oxidation sites excluding steroid dienone is 1. The number of hydrogen-bond acceptors (Lipinski definition) is 7. The molecule has 31 heavy (non-hydrogen) atoms. The molecule has 8 heteroatoms. The zero-order valence-electron chi connectivity index (χ0n) is 18.0. The van der Waals surface area contributed by atoms with E-state index in [1.807, 2.05) is 41.5 Å². The first-order valence-electron chi connectivity index (χ1n) is 10.5. The number of aliphatic imine (C=N–C) groups is 1. The Morgan fingerprint density at radius 1 is 1.26 bits per heavy atom. The van der Waals surface area contributed by atoms with E-state index >= 15 is 0 Å². The molecule has 164 valence electrons. The van der Waals surface area contributed by atoms with Gasteiger partial charge in [-0.05, 0) is 55.7 Å². The molecule has 1 aromatic rings. The van der Waals surface area contributed by atoms with Gasteiger partial charge in [0.05, 0.1) is 37.4 Å². The first-order valence-corrected chi connectivity index (χ1v) is 11.4. The lowest BCUT2D eigenvalue weighted by molar-refractivity contribution is -0.139. The Labute approximate surface area is 186 Å². The molecule has 0 spiro atoms. The Hall–Kier alpha value is -2.74. The molecular weight excluding hydrogens is 414 g/mol. The number of esters is 1. The van der Waals surface area contributed by atoms with Crippen molar-refractivity contribution in [2.75, 3.05) is 20.3 Å². The zero-order chi connectivity index (χ0) is 22.0. The van der Waals surface area contributed by atoms with Crippen LogP contribution in [0.5, 0.6) is 5.75 Å². The lowest BCUT2D eigenvalue weighted by Crippen LogP contribution is -2.38. The number of amides is 1. The molecule has 2 aliphatic heterocycles. The minimum absolute atomic E-state index is 0.0163. The maximum Gasteiger partial charge on any atom is 0.338 e. The Balaban J connectivity index is 1.65. The van der Waals surface area contributed by atoms with Crippen LogP contribution in [-0.2, 0) is 14.3 Å². The van der Waals surface area contributed by atoms with Gasteiger partial charge in [0.25, 0.3) is 0 Å². The molecule has 4 rings (SSSR count). The molecule has 0 radical (unpaired) electrons.